The van der Waals surface area contributed by atoms with Gasteiger partial charge >= 0.3 is 12.3 Å². The van der Waals surface area contributed by atoms with E-state index >= 15 is 0 Å². The molecule has 0 spiro atoms. The molecule has 0 fully saturated rings. The van der Waals surface area contributed by atoms with E-state index in [9.17, 15) is 23.1 Å². The summed E-state index contributed by atoms with van der Waals surface area (Å²) < 4.78 is 37.5. The Morgan fingerprint density at radius 3 is 2.28 bits per heavy atom. The number of carboxylic acid groups (broad SMARTS) is 1. The van der Waals surface area contributed by atoms with Crippen molar-refractivity contribution in [3.63, 3.8) is 0 Å². The average Bonchev–Trinajstić information content (AvgIpc) is 2.65. The third-order valence-electron chi connectivity index (χ3n) is 4.45. The van der Waals surface area contributed by atoms with Crippen LogP contribution < -0.4 is 10.2 Å². The largest absolute Gasteiger partial charge is 0.482 e. The van der Waals surface area contributed by atoms with Gasteiger partial charge in [0.2, 0.25) is 0 Å². The van der Waals surface area contributed by atoms with E-state index in [1.165, 1.54) is 41.7 Å². The van der Waals surface area contributed by atoms with Crippen LogP contribution in [0.5, 0.6) is 0 Å². The zero-order chi connectivity index (χ0) is 21.3. The van der Waals surface area contributed by atoms with Gasteiger partial charge in [-0.25, -0.2) is 14.8 Å². The highest BCUT2D eigenvalue weighted by Crippen LogP contribution is 2.32. The van der Waals surface area contributed by atoms with E-state index in [1.54, 1.807) is 6.07 Å². The van der Waals surface area contributed by atoms with Gasteiger partial charge in [0.25, 0.3) is 0 Å². The molecule has 0 aliphatic heterocycles. The first kappa shape index (κ1) is 20.4. The molecule has 0 radical (unpaired) electrons. The maximum absolute atomic E-state index is 12.5. The highest BCUT2D eigenvalue weighted by atomic mass is 19.4. The zero-order valence-electron chi connectivity index (χ0n) is 15.9. The lowest BCUT2D eigenvalue weighted by molar-refractivity contribution is -0.0999. The second-order valence-corrected chi connectivity index (χ2v) is 6.81. The smallest absolute Gasteiger partial charge is 0.478 e. The summed E-state index contributed by atoms with van der Waals surface area (Å²) in [5, 5.41) is 10.7. The molecule has 0 unspecified atom stereocenters. The van der Waals surface area contributed by atoms with Crippen LogP contribution in [0, 0.1) is 0 Å². The Labute approximate surface area is 165 Å². The van der Waals surface area contributed by atoms with Crippen molar-refractivity contribution >= 4 is 28.5 Å². The molecule has 3 aromatic rings. The number of aromatic carboxylic acids is 1. The van der Waals surface area contributed by atoms with Crippen LogP contribution in [0.25, 0.3) is 22.3 Å². The van der Waals surface area contributed by atoms with Gasteiger partial charge in [0.1, 0.15) is 5.69 Å². The lowest BCUT2D eigenvalue weighted by atomic mass is 10.1. The first-order chi connectivity index (χ1) is 13.5. The lowest BCUT2D eigenvalue weighted by Gasteiger charge is -2.25. The molecule has 1 aromatic heterocycles. The van der Waals surface area contributed by atoms with Crippen molar-refractivity contribution in [2.75, 3.05) is 17.3 Å². The van der Waals surface area contributed by atoms with Crippen LogP contribution in [0.2, 0.25) is 0 Å². The highest BCUT2D eigenvalue weighted by Gasteiger charge is 2.27. The second-order valence-electron chi connectivity index (χ2n) is 6.81. The number of hydrogen-bond acceptors (Lipinski definition) is 5. The summed E-state index contributed by atoms with van der Waals surface area (Å²) >= 11 is 0. The fourth-order valence-electron chi connectivity index (χ4n) is 2.74. The molecule has 0 saturated heterocycles. The Morgan fingerprint density at radius 1 is 1.07 bits per heavy atom. The van der Waals surface area contributed by atoms with Crippen LogP contribution in [0.15, 0.2) is 42.5 Å². The third-order valence-corrected chi connectivity index (χ3v) is 4.45. The van der Waals surface area contributed by atoms with Crippen LogP contribution in [0.1, 0.15) is 24.2 Å². The number of fused-ring (bicyclic) bond motifs is 1. The quantitative estimate of drug-likeness (QED) is 0.597. The minimum Gasteiger partial charge on any atom is -0.478 e. The predicted octanol–water partition coefficient (Wildman–Crippen LogP) is 4.77. The van der Waals surface area contributed by atoms with Crippen LogP contribution in [0.3, 0.4) is 0 Å². The van der Waals surface area contributed by atoms with Gasteiger partial charge in [0.15, 0.2) is 5.82 Å². The van der Waals surface area contributed by atoms with E-state index in [4.69, 9.17) is 0 Å². The number of benzene rings is 2. The van der Waals surface area contributed by atoms with E-state index in [1.807, 2.05) is 25.8 Å². The maximum Gasteiger partial charge on any atom is 0.482 e. The highest BCUT2D eigenvalue weighted by molar-refractivity contribution is 5.93. The molecule has 2 aromatic carbocycles. The number of halogens is 3. The molecule has 152 valence electrons. The van der Waals surface area contributed by atoms with Gasteiger partial charge in [-0.2, -0.15) is 13.2 Å². The summed E-state index contributed by atoms with van der Waals surface area (Å²) in [6, 6.07) is 10.2. The average molecular weight is 404 g/mol. The van der Waals surface area contributed by atoms with Crippen molar-refractivity contribution < 1.29 is 23.1 Å². The monoisotopic (exact) mass is 404 g/mol. The van der Waals surface area contributed by atoms with Crippen molar-refractivity contribution in [1.29, 1.82) is 0 Å². The maximum atomic E-state index is 12.5. The summed E-state index contributed by atoms with van der Waals surface area (Å²) in [7, 11) is 1.82. The molecule has 1 heterocycles. The second kappa shape index (κ2) is 7.57. The van der Waals surface area contributed by atoms with Gasteiger partial charge in [-0.1, -0.05) is 12.1 Å². The van der Waals surface area contributed by atoms with Crippen LogP contribution in [0.4, 0.5) is 24.7 Å². The Hall–Kier alpha value is -3.36. The zero-order valence-corrected chi connectivity index (χ0v) is 15.9. The molecule has 0 aliphatic rings. The topological polar surface area (TPSA) is 78.4 Å². The van der Waals surface area contributed by atoms with Gasteiger partial charge < -0.3 is 10.0 Å². The number of carboxylic acids is 1. The number of alkyl halides is 3. The van der Waals surface area contributed by atoms with E-state index < -0.39 is 12.3 Å². The van der Waals surface area contributed by atoms with Gasteiger partial charge in [-0.05, 0) is 44.2 Å². The summed E-state index contributed by atoms with van der Waals surface area (Å²) in [6.45, 7) is 3.92. The van der Waals surface area contributed by atoms with Gasteiger partial charge in [0.05, 0.1) is 16.6 Å². The van der Waals surface area contributed by atoms with Crippen LogP contribution in [-0.4, -0.2) is 40.4 Å². The number of nitrogens with zero attached hydrogens (tertiary/aromatic N) is 3. The lowest BCUT2D eigenvalue weighted by Crippen LogP contribution is -2.27. The Morgan fingerprint density at radius 2 is 1.72 bits per heavy atom. The predicted molar refractivity (Wildman–Crippen MR) is 105 cm³/mol. The first-order valence-corrected chi connectivity index (χ1v) is 8.78. The minimum absolute atomic E-state index is 0.0642. The van der Waals surface area contributed by atoms with Crippen LogP contribution in [-0.2, 0) is 0 Å². The molecule has 0 aliphatic carbocycles. The molecule has 9 heteroatoms. The number of aromatic nitrogens is 2. The molecule has 3 rings (SSSR count). The molecule has 0 saturated carbocycles. The van der Waals surface area contributed by atoms with Crippen molar-refractivity contribution in [3.8, 4) is 11.3 Å². The molecule has 0 atom stereocenters. The van der Waals surface area contributed by atoms with Crippen molar-refractivity contribution in [2.45, 2.75) is 26.2 Å². The number of rotatable bonds is 5. The minimum atomic E-state index is -4.52. The van der Waals surface area contributed by atoms with E-state index in [-0.39, 0.29) is 17.3 Å². The van der Waals surface area contributed by atoms with Crippen LogP contribution >= 0.6 is 0 Å². The first-order valence-electron chi connectivity index (χ1n) is 8.78. The Bertz CT molecular complexity index is 1050. The molecule has 6 nitrogen and oxygen atoms in total. The normalized spacial score (nSPS) is 11.7. The summed E-state index contributed by atoms with van der Waals surface area (Å²) in [5.74, 6) is -0.559. The van der Waals surface area contributed by atoms with E-state index in [2.05, 4.69) is 9.97 Å². The number of hydrogen-bond donors (Lipinski definition) is 2. The van der Waals surface area contributed by atoms with Crippen molar-refractivity contribution in [1.82, 2.24) is 9.97 Å². The number of nitrogens with one attached hydrogen (secondary N) is 1. The molecule has 0 amide bonds. The standard InChI is InChI=1S/C20H19F3N4O2/c1-11(2)27(3)18-17(12-4-7-14(8-5-12)26-20(21,22)23)24-15-9-6-13(19(28)29)10-16(15)25-18/h4-11,26H,1-3H3,(H,28,29). The molecule has 29 heavy (non-hydrogen) atoms. The SMILES string of the molecule is CC(C)N(C)c1nc2cc(C(=O)O)ccc2nc1-c1ccc(NC(F)(F)F)cc1. The summed E-state index contributed by atoms with van der Waals surface area (Å²) in [4.78, 5) is 22.3. The third kappa shape index (κ3) is 4.56. The van der Waals surface area contributed by atoms with Gasteiger partial charge in [-0.3, -0.25) is 5.32 Å². The Balaban J connectivity index is 2.13. The van der Waals surface area contributed by atoms with E-state index in [0.717, 1.165) is 0 Å². The molecular formula is C20H19F3N4O2. The summed E-state index contributed by atoms with van der Waals surface area (Å²) in [6.07, 6.45) is -4.52. The van der Waals surface area contributed by atoms with E-state index in [0.29, 0.717) is 28.1 Å². The number of anilines is 2. The molecular weight excluding hydrogens is 385 g/mol. The fraction of sp³-hybridized carbons (Fsp3) is 0.250. The molecule has 0 bridgehead atoms. The van der Waals surface area contributed by atoms with Crippen molar-refractivity contribution in [3.05, 3.63) is 48.0 Å². The molecule has 2 N–H and O–H groups in total. The van der Waals surface area contributed by atoms with Gasteiger partial charge in [0, 0.05) is 24.3 Å². The van der Waals surface area contributed by atoms with Crippen molar-refractivity contribution in [2.24, 2.45) is 0 Å². The summed E-state index contributed by atoms with van der Waals surface area (Å²) in [5.41, 5.74) is 2.02. The van der Waals surface area contributed by atoms with Gasteiger partial charge in [-0.15, -0.1) is 0 Å². The number of carbonyl (C=O) groups is 1. The fourth-order valence-corrected chi connectivity index (χ4v) is 2.74. The Kier molecular flexibility index (Phi) is 5.32.